The minimum Gasteiger partial charge on any atom is -0.317 e. The summed E-state index contributed by atoms with van der Waals surface area (Å²) in [5, 5.41) is 4.04. The van der Waals surface area contributed by atoms with E-state index in [1.54, 1.807) is 11.3 Å². The Balaban J connectivity index is 1.67. The summed E-state index contributed by atoms with van der Waals surface area (Å²) in [6.45, 7) is 8.32. The van der Waals surface area contributed by atoms with Gasteiger partial charge in [-0.1, -0.05) is 43.7 Å². The van der Waals surface area contributed by atoms with Crippen LogP contribution in [0.15, 0.2) is 42.5 Å². The van der Waals surface area contributed by atoms with Gasteiger partial charge in [-0.25, -0.2) is 4.79 Å². The second kappa shape index (κ2) is 9.90. The van der Waals surface area contributed by atoms with Crippen molar-refractivity contribution >= 4 is 22.4 Å². The molecule has 1 aliphatic heterocycles. The lowest BCUT2D eigenvalue weighted by atomic mass is 10.0. The number of benzene rings is 1. The highest BCUT2D eigenvalue weighted by atomic mass is 32.1. The van der Waals surface area contributed by atoms with E-state index in [4.69, 9.17) is 0 Å². The summed E-state index contributed by atoms with van der Waals surface area (Å²) >= 11 is 1.63. The molecule has 27 heavy (non-hydrogen) atoms. The number of urea groups is 1. The Morgan fingerprint density at radius 1 is 1.19 bits per heavy atom. The molecular weight excluding hydrogens is 354 g/mol. The molecule has 0 bridgehead atoms. The van der Waals surface area contributed by atoms with Crippen LogP contribution in [0.3, 0.4) is 0 Å². The molecule has 0 spiro atoms. The lowest BCUT2D eigenvalue weighted by molar-refractivity contribution is 0.122. The predicted molar refractivity (Wildman–Crippen MR) is 114 cm³/mol. The number of amides is 2. The number of unbranched alkanes of at least 4 members (excludes halogenated alkanes) is 1. The molecule has 0 aliphatic carbocycles. The lowest BCUT2D eigenvalue weighted by Crippen LogP contribution is -2.48. The fourth-order valence-electron chi connectivity index (χ4n) is 3.66. The smallest absolute Gasteiger partial charge is 0.317 e. The number of aryl methyl sites for hydroxylation is 1. The minimum absolute atomic E-state index is 0.0210. The molecule has 5 heteroatoms. The molecule has 0 saturated carbocycles. The van der Waals surface area contributed by atoms with E-state index in [2.05, 4.69) is 36.2 Å². The van der Waals surface area contributed by atoms with Crippen molar-refractivity contribution in [2.75, 3.05) is 25.0 Å². The van der Waals surface area contributed by atoms with Gasteiger partial charge < -0.3 is 9.80 Å². The molecule has 146 valence electrons. The third kappa shape index (κ3) is 5.81. The lowest BCUT2D eigenvalue weighted by Gasteiger charge is -2.38. The third-order valence-electron chi connectivity index (χ3n) is 5.25. The summed E-state index contributed by atoms with van der Waals surface area (Å²) in [6, 6.07) is 14.7. The molecule has 2 heterocycles. The van der Waals surface area contributed by atoms with Gasteiger partial charge in [-0.05, 0) is 50.4 Å². The van der Waals surface area contributed by atoms with E-state index < -0.39 is 0 Å². The number of nitrogens with zero attached hydrogens (tertiary/aromatic N) is 2. The molecule has 1 saturated heterocycles. The Morgan fingerprint density at radius 2 is 1.93 bits per heavy atom. The topological polar surface area (TPSA) is 35.6 Å². The normalized spacial score (nSPS) is 15.6. The molecule has 1 N–H and O–H groups in total. The van der Waals surface area contributed by atoms with Crippen molar-refractivity contribution < 1.29 is 4.79 Å². The maximum atomic E-state index is 13.1. The van der Waals surface area contributed by atoms with Gasteiger partial charge >= 0.3 is 6.03 Å². The molecule has 0 atom stereocenters. The number of piperidine rings is 1. The minimum atomic E-state index is 0.0210. The van der Waals surface area contributed by atoms with E-state index in [-0.39, 0.29) is 6.03 Å². The third-order valence-corrected chi connectivity index (χ3v) is 6.17. The van der Waals surface area contributed by atoms with Crippen molar-refractivity contribution in [3.05, 3.63) is 52.9 Å². The first-order chi connectivity index (χ1) is 13.2. The van der Waals surface area contributed by atoms with E-state index in [0.717, 1.165) is 30.9 Å². The number of nitrogens with one attached hydrogen (secondary N) is 1. The number of thiophene rings is 1. The molecule has 2 amide bonds. The number of anilines is 1. The Kier molecular flexibility index (Phi) is 7.30. The maximum Gasteiger partial charge on any atom is 0.323 e. The van der Waals surface area contributed by atoms with Gasteiger partial charge in [0.05, 0.1) is 5.00 Å². The fourth-order valence-corrected chi connectivity index (χ4v) is 4.42. The van der Waals surface area contributed by atoms with Crippen LogP contribution in [0.4, 0.5) is 9.80 Å². The first-order valence-corrected chi connectivity index (χ1v) is 10.9. The van der Waals surface area contributed by atoms with Crippen LogP contribution in [0.1, 0.15) is 43.0 Å². The average Bonchev–Trinajstić information content (AvgIpc) is 3.10. The fraction of sp³-hybridized carbons (Fsp3) is 0.500. The molecule has 1 aromatic carbocycles. The zero-order valence-electron chi connectivity index (χ0n) is 16.5. The van der Waals surface area contributed by atoms with Crippen LogP contribution in [-0.4, -0.2) is 41.5 Å². The Morgan fingerprint density at radius 3 is 2.56 bits per heavy atom. The SMILES string of the molecule is CCCCN1CCC(N(Cc2ccccc2)C(=O)Nc2ccc(C)s2)CC1. The van der Waals surface area contributed by atoms with Gasteiger partial charge in [-0.3, -0.25) is 5.32 Å². The van der Waals surface area contributed by atoms with Crippen molar-refractivity contribution in [3.63, 3.8) is 0 Å². The molecule has 1 aliphatic rings. The monoisotopic (exact) mass is 385 g/mol. The van der Waals surface area contributed by atoms with Gasteiger partial charge in [-0.2, -0.15) is 0 Å². The zero-order valence-corrected chi connectivity index (χ0v) is 17.3. The van der Waals surface area contributed by atoms with Crippen LogP contribution >= 0.6 is 11.3 Å². The summed E-state index contributed by atoms with van der Waals surface area (Å²) in [5.74, 6) is 0. The van der Waals surface area contributed by atoms with Crippen LogP contribution in [0.25, 0.3) is 0 Å². The van der Waals surface area contributed by atoms with E-state index in [0.29, 0.717) is 12.6 Å². The van der Waals surface area contributed by atoms with E-state index in [1.165, 1.54) is 29.8 Å². The van der Waals surface area contributed by atoms with Gasteiger partial charge in [-0.15, -0.1) is 11.3 Å². The molecule has 1 aromatic heterocycles. The van der Waals surface area contributed by atoms with Crippen LogP contribution < -0.4 is 5.32 Å². The van der Waals surface area contributed by atoms with Gasteiger partial charge in [0.25, 0.3) is 0 Å². The number of rotatable bonds is 7. The average molecular weight is 386 g/mol. The number of likely N-dealkylation sites (tertiary alicyclic amines) is 1. The summed E-state index contributed by atoms with van der Waals surface area (Å²) in [5.41, 5.74) is 1.18. The molecule has 0 unspecified atom stereocenters. The summed E-state index contributed by atoms with van der Waals surface area (Å²) in [7, 11) is 0. The van der Waals surface area contributed by atoms with Gasteiger partial charge in [0.15, 0.2) is 0 Å². The Labute approximate surface area is 167 Å². The second-order valence-corrected chi connectivity index (χ2v) is 8.67. The molecule has 0 radical (unpaired) electrons. The second-order valence-electron chi connectivity index (χ2n) is 7.38. The highest BCUT2D eigenvalue weighted by Gasteiger charge is 2.28. The number of hydrogen-bond donors (Lipinski definition) is 1. The van der Waals surface area contributed by atoms with Gasteiger partial charge in [0.1, 0.15) is 0 Å². The molecular formula is C22H31N3OS. The highest BCUT2D eigenvalue weighted by molar-refractivity contribution is 7.16. The van der Waals surface area contributed by atoms with Crippen molar-refractivity contribution in [1.82, 2.24) is 9.80 Å². The van der Waals surface area contributed by atoms with Crippen molar-refractivity contribution in [2.24, 2.45) is 0 Å². The standard InChI is InChI=1S/C22H31N3OS/c1-3-4-14-24-15-12-20(13-16-24)25(17-19-8-6-5-7-9-19)22(26)23-21-11-10-18(2)27-21/h5-11,20H,3-4,12-17H2,1-2H3,(H,23,26). The van der Waals surface area contributed by atoms with Crippen LogP contribution in [0, 0.1) is 6.92 Å². The first-order valence-electron chi connectivity index (χ1n) is 10.1. The molecule has 4 nitrogen and oxygen atoms in total. The van der Waals surface area contributed by atoms with Crippen LogP contribution in [0.2, 0.25) is 0 Å². The summed E-state index contributed by atoms with van der Waals surface area (Å²) in [4.78, 5) is 18.9. The first kappa shape index (κ1) is 19.9. The molecule has 1 fully saturated rings. The summed E-state index contributed by atoms with van der Waals surface area (Å²) in [6.07, 6.45) is 4.60. The number of carbonyl (C=O) groups excluding carboxylic acids is 1. The number of hydrogen-bond acceptors (Lipinski definition) is 3. The van der Waals surface area contributed by atoms with Gasteiger partial charge in [0, 0.05) is 30.6 Å². The molecule has 2 aromatic rings. The summed E-state index contributed by atoms with van der Waals surface area (Å²) < 4.78 is 0. The zero-order chi connectivity index (χ0) is 19.1. The highest BCUT2D eigenvalue weighted by Crippen LogP contribution is 2.24. The molecule has 3 rings (SSSR count). The van der Waals surface area contributed by atoms with Crippen LogP contribution in [0.5, 0.6) is 0 Å². The number of carbonyl (C=O) groups is 1. The van der Waals surface area contributed by atoms with Gasteiger partial charge in [0.2, 0.25) is 0 Å². The van der Waals surface area contributed by atoms with Crippen molar-refractivity contribution in [3.8, 4) is 0 Å². The van der Waals surface area contributed by atoms with Crippen LogP contribution in [-0.2, 0) is 6.54 Å². The Bertz CT molecular complexity index is 707. The predicted octanol–water partition coefficient (Wildman–Crippen LogP) is 5.36. The maximum absolute atomic E-state index is 13.1. The van der Waals surface area contributed by atoms with E-state index in [1.807, 2.05) is 35.2 Å². The van der Waals surface area contributed by atoms with E-state index >= 15 is 0 Å². The van der Waals surface area contributed by atoms with E-state index in [9.17, 15) is 4.79 Å². The van der Waals surface area contributed by atoms with Crippen molar-refractivity contribution in [2.45, 2.75) is 52.1 Å². The quantitative estimate of drug-likeness (QED) is 0.697. The van der Waals surface area contributed by atoms with Crippen molar-refractivity contribution in [1.29, 1.82) is 0 Å². The largest absolute Gasteiger partial charge is 0.323 e. The Hall–Kier alpha value is -1.85.